The Morgan fingerprint density at radius 3 is 2.65 bits per heavy atom. The number of rotatable bonds is 6. The molecule has 0 saturated heterocycles. The van der Waals surface area contributed by atoms with Gasteiger partial charge < -0.3 is 10.1 Å². The number of carbonyl (C=O) groups is 1. The molecule has 0 spiro atoms. The van der Waals surface area contributed by atoms with Crippen molar-refractivity contribution in [1.29, 1.82) is 0 Å². The van der Waals surface area contributed by atoms with E-state index in [1.165, 1.54) is 12.0 Å². The van der Waals surface area contributed by atoms with Crippen molar-refractivity contribution in [2.45, 2.75) is 25.9 Å². The van der Waals surface area contributed by atoms with Crippen LogP contribution in [0.25, 0.3) is 0 Å². The van der Waals surface area contributed by atoms with Gasteiger partial charge in [0.25, 0.3) is 0 Å². The lowest BCUT2D eigenvalue weighted by Gasteiger charge is -2.14. The highest BCUT2D eigenvalue weighted by Gasteiger charge is 2.10. The number of thiophene rings is 1. The molecule has 1 aromatic heterocycles. The molecule has 0 fully saturated rings. The predicted octanol–water partition coefficient (Wildman–Crippen LogP) is 3.31. The first-order valence-electron chi connectivity index (χ1n) is 6.61. The van der Waals surface area contributed by atoms with E-state index in [0.717, 1.165) is 17.7 Å². The third-order valence-corrected chi connectivity index (χ3v) is 4.30. The van der Waals surface area contributed by atoms with Crippen molar-refractivity contribution in [2.24, 2.45) is 0 Å². The van der Waals surface area contributed by atoms with Crippen LogP contribution in [0.2, 0.25) is 0 Å². The first kappa shape index (κ1) is 14.8. The number of carbonyl (C=O) groups excluding carboxylic acids is 1. The Bertz CT molecular complexity index is 551. The minimum Gasteiger partial charge on any atom is -0.469 e. The molecule has 0 radical (unpaired) electrons. The van der Waals surface area contributed by atoms with E-state index in [1.54, 1.807) is 11.3 Å². The lowest BCUT2D eigenvalue weighted by atomic mass is 10.0. The highest BCUT2D eigenvalue weighted by atomic mass is 32.1. The van der Waals surface area contributed by atoms with Crippen LogP contribution in [0.3, 0.4) is 0 Å². The summed E-state index contributed by atoms with van der Waals surface area (Å²) < 4.78 is 4.74. The van der Waals surface area contributed by atoms with E-state index in [2.05, 4.69) is 29.8 Å². The second-order valence-corrected chi connectivity index (χ2v) is 5.62. The van der Waals surface area contributed by atoms with Crippen molar-refractivity contribution in [3.8, 4) is 0 Å². The van der Waals surface area contributed by atoms with E-state index in [1.807, 2.05) is 24.3 Å². The first-order chi connectivity index (χ1) is 9.70. The summed E-state index contributed by atoms with van der Waals surface area (Å²) >= 11 is 1.75. The van der Waals surface area contributed by atoms with Crippen molar-refractivity contribution < 1.29 is 9.53 Å². The van der Waals surface area contributed by atoms with Crippen molar-refractivity contribution in [1.82, 2.24) is 5.32 Å². The molecule has 3 nitrogen and oxygen atoms in total. The van der Waals surface area contributed by atoms with Crippen LogP contribution in [0.5, 0.6) is 0 Å². The topological polar surface area (TPSA) is 38.3 Å². The lowest BCUT2D eigenvalue weighted by molar-refractivity contribution is -0.139. The number of ether oxygens (including phenoxy) is 1. The molecule has 0 saturated carbocycles. The average molecular weight is 289 g/mol. The summed E-state index contributed by atoms with van der Waals surface area (Å²) in [5.41, 5.74) is 2.16. The van der Waals surface area contributed by atoms with E-state index in [0.29, 0.717) is 12.5 Å². The van der Waals surface area contributed by atoms with E-state index in [-0.39, 0.29) is 5.97 Å². The van der Waals surface area contributed by atoms with Crippen molar-refractivity contribution in [3.63, 3.8) is 0 Å². The minimum absolute atomic E-state index is 0.205. The second kappa shape index (κ2) is 7.22. The van der Waals surface area contributed by atoms with Gasteiger partial charge in [-0.25, -0.2) is 0 Å². The molecule has 1 unspecified atom stereocenters. The number of esters is 1. The maximum absolute atomic E-state index is 11.4. The van der Waals surface area contributed by atoms with Gasteiger partial charge >= 0.3 is 5.97 Å². The zero-order chi connectivity index (χ0) is 14.4. The van der Waals surface area contributed by atoms with Gasteiger partial charge in [-0.2, -0.15) is 0 Å². The Labute approximate surface area is 123 Å². The van der Waals surface area contributed by atoms with Crippen molar-refractivity contribution >= 4 is 17.3 Å². The highest BCUT2D eigenvalue weighted by Crippen LogP contribution is 2.19. The Kier molecular flexibility index (Phi) is 5.32. The third kappa shape index (κ3) is 3.92. The van der Waals surface area contributed by atoms with Crippen LogP contribution in [0.1, 0.15) is 29.0 Å². The maximum Gasteiger partial charge on any atom is 0.309 e. The summed E-state index contributed by atoms with van der Waals surface area (Å²) in [5, 5.41) is 5.57. The fourth-order valence-corrected chi connectivity index (χ4v) is 2.79. The fraction of sp³-hybridized carbons (Fsp3) is 0.312. The molecule has 1 N–H and O–H groups in total. The quantitative estimate of drug-likeness (QED) is 0.829. The molecule has 20 heavy (non-hydrogen) atoms. The summed E-state index contributed by atoms with van der Waals surface area (Å²) in [5.74, 6) is -0.205. The van der Waals surface area contributed by atoms with Crippen LogP contribution >= 0.6 is 11.3 Å². The van der Waals surface area contributed by atoms with Gasteiger partial charge in [-0.15, -0.1) is 11.3 Å². The average Bonchev–Trinajstić information content (AvgIpc) is 3.00. The Morgan fingerprint density at radius 2 is 2.00 bits per heavy atom. The van der Waals surface area contributed by atoms with Crippen LogP contribution < -0.4 is 5.32 Å². The number of nitrogens with one attached hydrogen (secondary N) is 1. The Balaban J connectivity index is 2.00. The summed E-state index contributed by atoms with van der Waals surface area (Å²) in [6, 6.07) is 12.5. The van der Waals surface area contributed by atoms with Gasteiger partial charge in [-0.05, 0) is 29.5 Å². The molecule has 2 aromatic rings. The number of methoxy groups -OCH3 is 1. The number of hydrogen-bond acceptors (Lipinski definition) is 4. The third-order valence-electron chi connectivity index (χ3n) is 3.25. The summed E-state index contributed by atoms with van der Waals surface area (Å²) in [4.78, 5) is 12.7. The minimum atomic E-state index is -0.205. The predicted molar refractivity (Wildman–Crippen MR) is 81.7 cm³/mol. The second-order valence-electron chi connectivity index (χ2n) is 4.64. The van der Waals surface area contributed by atoms with Crippen LogP contribution in [0.4, 0.5) is 0 Å². The number of hydrogen-bond donors (Lipinski definition) is 1. The summed E-state index contributed by atoms with van der Waals surface area (Å²) in [6.07, 6.45) is 0.321. The van der Waals surface area contributed by atoms with E-state index in [4.69, 9.17) is 4.74 Å². The zero-order valence-corrected chi connectivity index (χ0v) is 12.6. The van der Waals surface area contributed by atoms with E-state index >= 15 is 0 Å². The molecule has 4 heteroatoms. The molecule has 0 bridgehead atoms. The molecule has 0 aliphatic carbocycles. The zero-order valence-electron chi connectivity index (χ0n) is 11.8. The SMILES string of the molecule is COC(=O)Cc1ccccc1CNC(C)c1cccs1. The standard InChI is InChI=1S/C16H19NO2S/c1-12(15-8-5-9-20-15)17-11-14-7-4-3-6-13(14)10-16(18)19-2/h3-9,12,17H,10-11H2,1-2H3. The molecule has 0 amide bonds. The largest absolute Gasteiger partial charge is 0.469 e. The van der Waals surface area contributed by atoms with Gasteiger partial charge in [-0.1, -0.05) is 30.3 Å². The smallest absolute Gasteiger partial charge is 0.309 e. The van der Waals surface area contributed by atoms with Gasteiger partial charge in [0.2, 0.25) is 0 Å². The summed E-state index contributed by atoms with van der Waals surface area (Å²) in [6.45, 7) is 2.89. The van der Waals surface area contributed by atoms with Crippen LogP contribution in [-0.4, -0.2) is 13.1 Å². The van der Waals surface area contributed by atoms with E-state index < -0.39 is 0 Å². The molecule has 1 heterocycles. The molecule has 1 atom stereocenters. The Hall–Kier alpha value is -1.65. The van der Waals surface area contributed by atoms with E-state index in [9.17, 15) is 4.79 Å². The fourth-order valence-electron chi connectivity index (χ4n) is 2.03. The first-order valence-corrected chi connectivity index (χ1v) is 7.49. The van der Waals surface area contributed by atoms with Gasteiger partial charge in [-0.3, -0.25) is 4.79 Å². The molecular formula is C16H19NO2S. The van der Waals surface area contributed by atoms with Crippen molar-refractivity contribution in [3.05, 3.63) is 57.8 Å². The van der Waals surface area contributed by atoms with Crippen molar-refractivity contribution in [2.75, 3.05) is 7.11 Å². The molecule has 1 aromatic carbocycles. The highest BCUT2D eigenvalue weighted by molar-refractivity contribution is 7.10. The van der Waals surface area contributed by atoms with Gasteiger partial charge in [0, 0.05) is 17.5 Å². The summed E-state index contributed by atoms with van der Waals surface area (Å²) in [7, 11) is 1.42. The van der Waals surface area contributed by atoms with Crippen LogP contribution in [0.15, 0.2) is 41.8 Å². The number of benzene rings is 1. The molecule has 0 aliphatic heterocycles. The van der Waals surface area contributed by atoms with Gasteiger partial charge in [0.1, 0.15) is 0 Å². The van der Waals surface area contributed by atoms with Crippen LogP contribution in [-0.2, 0) is 22.5 Å². The molecule has 2 rings (SSSR count). The maximum atomic E-state index is 11.4. The molecular weight excluding hydrogens is 270 g/mol. The lowest BCUT2D eigenvalue weighted by Crippen LogP contribution is -2.18. The molecule has 0 aliphatic rings. The monoisotopic (exact) mass is 289 g/mol. The van der Waals surface area contributed by atoms with Crippen LogP contribution in [0, 0.1) is 0 Å². The van der Waals surface area contributed by atoms with Gasteiger partial charge in [0.05, 0.1) is 13.5 Å². The Morgan fingerprint density at radius 1 is 1.25 bits per heavy atom. The normalized spacial score (nSPS) is 12.1. The van der Waals surface area contributed by atoms with Gasteiger partial charge in [0.15, 0.2) is 0 Å². The molecule has 106 valence electrons.